The summed E-state index contributed by atoms with van der Waals surface area (Å²) in [6.45, 7) is 5.87. The van der Waals surface area contributed by atoms with Crippen molar-refractivity contribution in [3.05, 3.63) is 0 Å². The summed E-state index contributed by atoms with van der Waals surface area (Å²) in [6, 6.07) is -1.45. The van der Waals surface area contributed by atoms with Crippen molar-refractivity contribution in [3.8, 4) is 0 Å². The van der Waals surface area contributed by atoms with Gasteiger partial charge in [0.2, 0.25) is 5.91 Å². The van der Waals surface area contributed by atoms with Crippen molar-refractivity contribution in [2.24, 2.45) is 11.8 Å². The van der Waals surface area contributed by atoms with Crippen LogP contribution in [-0.2, 0) is 23.9 Å². The lowest BCUT2D eigenvalue weighted by Crippen LogP contribution is -2.44. The second-order valence-corrected chi connectivity index (χ2v) is 6.95. The largest absolute Gasteiger partial charge is 0.481 e. The van der Waals surface area contributed by atoms with Crippen molar-refractivity contribution in [2.45, 2.75) is 39.7 Å². The summed E-state index contributed by atoms with van der Waals surface area (Å²) in [5.74, 6) is -2.85. The van der Waals surface area contributed by atoms with E-state index in [1.165, 1.54) is 11.8 Å². The van der Waals surface area contributed by atoms with Gasteiger partial charge in [-0.05, 0) is 5.92 Å². The van der Waals surface area contributed by atoms with Gasteiger partial charge in [-0.15, -0.1) is 0 Å². The molecule has 0 bridgehead atoms. The van der Waals surface area contributed by atoms with Crippen LogP contribution in [0.5, 0.6) is 0 Å². The minimum absolute atomic E-state index is 0.239. The zero-order chi connectivity index (χ0) is 18.7. The molecule has 0 aliphatic rings. The van der Waals surface area contributed by atoms with Gasteiger partial charge in [0, 0.05) is 17.4 Å². The number of ether oxygens (including phenoxy) is 1. The van der Waals surface area contributed by atoms with Crippen LogP contribution >= 0.6 is 11.8 Å². The Morgan fingerprint density at radius 2 is 1.75 bits per heavy atom. The fraction of sp³-hybridized carbons (Fsp3) is 0.733. The van der Waals surface area contributed by atoms with E-state index >= 15 is 0 Å². The molecular formula is C15H25NO7S. The maximum atomic E-state index is 11.9. The van der Waals surface area contributed by atoms with Crippen LogP contribution in [0.1, 0.15) is 33.6 Å². The molecule has 1 amide bonds. The maximum absolute atomic E-state index is 11.9. The van der Waals surface area contributed by atoms with E-state index in [1.54, 1.807) is 6.92 Å². The van der Waals surface area contributed by atoms with E-state index in [2.05, 4.69) is 5.32 Å². The molecule has 0 heterocycles. The molecule has 0 aromatic rings. The zero-order valence-corrected chi connectivity index (χ0v) is 14.9. The van der Waals surface area contributed by atoms with Crippen LogP contribution < -0.4 is 5.32 Å². The fourth-order valence-electron chi connectivity index (χ4n) is 1.51. The lowest BCUT2D eigenvalue weighted by Gasteiger charge is -2.16. The number of aliphatic carboxylic acids is 2. The summed E-state index contributed by atoms with van der Waals surface area (Å²) in [5, 5.41) is 19.7. The number of carboxylic acids is 2. The van der Waals surface area contributed by atoms with Gasteiger partial charge in [-0.1, -0.05) is 20.8 Å². The number of carbonyl (C=O) groups excluding carboxylic acids is 2. The standard InChI is InChI=1S/C15H25NO7S/c1-9(2)7-23-13(19)4-5-24-8-10(3)14(20)16-11(15(21)22)6-12(17)18/h9-11H,4-8H2,1-3H3,(H,16,20)(H,17,18)(H,21,22)/t10?,11-/m0/s1. The third kappa shape index (κ3) is 10.9. The van der Waals surface area contributed by atoms with E-state index in [4.69, 9.17) is 14.9 Å². The first-order chi connectivity index (χ1) is 11.1. The highest BCUT2D eigenvalue weighted by molar-refractivity contribution is 7.99. The highest BCUT2D eigenvalue weighted by atomic mass is 32.2. The molecule has 3 N–H and O–H groups in total. The van der Waals surface area contributed by atoms with Crippen LogP contribution in [0.3, 0.4) is 0 Å². The van der Waals surface area contributed by atoms with Gasteiger partial charge in [0.25, 0.3) is 0 Å². The van der Waals surface area contributed by atoms with Crippen molar-refractivity contribution < 1.29 is 34.1 Å². The van der Waals surface area contributed by atoms with Crippen LogP contribution in [-0.4, -0.2) is 58.2 Å². The van der Waals surface area contributed by atoms with Crippen molar-refractivity contribution in [1.29, 1.82) is 0 Å². The minimum atomic E-state index is -1.45. The Labute approximate surface area is 145 Å². The lowest BCUT2D eigenvalue weighted by atomic mass is 10.1. The van der Waals surface area contributed by atoms with Crippen molar-refractivity contribution in [2.75, 3.05) is 18.1 Å². The Hall–Kier alpha value is -1.77. The van der Waals surface area contributed by atoms with Crippen molar-refractivity contribution in [3.63, 3.8) is 0 Å². The average molecular weight is 363 g/mol. The Morgan fingerprint density at radius 1 is 1.12 bits per heavy atom. The van der Waals surface area contributed by atoms with E-state index in [-0.39, 0.29) is 18.3 Å². The summed E-state index contributed by atoms with van der Waals surface area (Å²) < 4.78 is 5.02. The highest BCUT2D eigenvalue weighted by Crippen LogP contribution is 2.11. The predicted octanol–water partition coefficient (Wildman–Crippen LogP) is 0.989. The number of hydrogen-bond donors (Lipinski definition) is 3. The van der Waals surface area contributed by atoms with Crippen LogP contribution in [0.15, 0.2) is 0 Å². The highest BCUT2D eigenvalue weighted by Gasteiger charge is 2.25. The van der Waals surface area contributed by atoms with Gasteiger partial charge in [0.15, 0.2) is 0 Å². The molecule has 0 fully saturated rings. The zero-order valence-electron chi connectivity index (χ0n) is 14.1. The summed E-state index contributed by atoms with van der Waals surface area (Å²) >= 11 is 1.38. The summed E-state index contributed by atoms with van der Waals surface area (Å²) in [4.78, 5) is 44.8. The Bertz CT molecular complexity index is 453. The molecule has 0 saturated heterocycles. The van der Waals surface area contributed by atoms with E-state index in [1.807, 2.05) is 13.8 Å². The normalized spacial score (nSPS) is 13.2. The van der Waals surface area contributed by atoms with Gasteiger partial charge >= 0.3 is 17.9 Å². The molecule has 9 heteroatoms. The number of carbonyl (C=O) groups is 4. The molecule has 24 heavy (non-hydrogen) atoms. The number of thioether (sulfide) groups is 1. The van der Waals surface area contributed by atoms with Gasteiger partial charge in [-0.3, -0.25) is 14.4 Å². The van der Waals surface area contributed by atoms with E-state index in [0.29, 0.717) is 18.1 Å². The number of carboxylic acid groups (broad SMARTS) is 2. The van der Waals surface area contributed by atoms with Crippen LogP contribution in [0.25, 0.3) is 0 Å². The topological polar surface area (TPSA) is 130 Å². The smallest absolute Gasteiger partial charge is 0.326 e. The Balaban J connectivity index is 4.07. The number of hydrogen-bond acceptors (Lipinski definition) is 6. The fourth-order valence-corrected chi connectivity index (χ4v) is 2.49. The van der Waals surface area contributed by atoms with Crippen LogP contribution in [0, 0.1) is 11.8 Å². The SMILES string of the molecule is CC(C)COC(=O)CCSCC(C)C(=O)N[C@@H](CC(=O)O)C(=O)O. The maximum Gasteiger partial charge on any atom is 0.326 e. The van der Waals surface area contributed by atoms with Gasteiger partial charge in [0.1, 0.15) is 6.04 Å². The monoisotopic (exact) mass is 363 g/mol. The average Bonchev–Trinajstić information content (AvgIpc) is 2.47. The third-order valence-corrected chi connectivity index (χ3v) is 4.07. The second kappa shape index (κ2) is 11.7. The number of amides is 1. The molecular weight excluding hydrogens is 338 g/mol. The van der Waals surface area contributed by atoms with E-state index < -0.39 is 36.2 Å². The quantitative estimate of drug-likeness (QED) is 0.346. The summed E-state index contributed by atoms with van der Waals surface area (Å²) in [6.07, 6.45) is -0.439. The molecule has 0 aromatic heterocycles. The molecule has 0 saturated carbocycles. The number of esters is 1. The second-order valence-electron chi connectivity index (χ2n) is 5.80. The molecule has 0 rings (SSSR count). The molecule has 2 atom stereocenters. The number of nitrogens with one attached hydrogen (secondary N) is 1. The summed E-state index contributed by atoms with van der Waals surface area (Å²) in [5.41, 5.74) is 0. The van der Waals surface area contributed by atoms with Gasteiger partial charge in [0.05, 0.1) is 19.4 Å². The Morgan fingerprint density at radius 3 is 2.25 bits per heavy atom. The van der Waals surface area contributed by atoms with Gasteiger partial charge in [-0.25, -0.2) is 4.79 Å². The molecule has 8 nitrogen and oxygen atoms in total. The predicted molar refractivity (Wildman–Crippen MR) is 88.7 cm³/mol. The van der Waals surface area contributed by atoms with Crippen molar-refractivity contribution in [1.82, 2.24) is 5.32 Å². The summed E-state index contributed by atoms with van der Waals surface area (Å²) in [7, 11) is 0. The molecule has 1 unspecified atom stereocenters. The third-order valence-electron chi connectivity index (χ3n) is 2.84. The molecule has 0 radical (unpaired) electrons. The van der Waals surface area contributed by atoms with Gasteiger partial charge in [-0.2, -0.15) is 11.8 Å². The molecule has 0 spiro atoms. The molecule has 0 aliphatic heterocycles. The first-order valence-corrected chi connectivity index (χ1v) is 8.77. The number of rotatable bonds is 12. The minimum Gasteiger partial charge on any atom is -0.481 e. The molecule has 138 valence electrons. The van der Waals surface area contributed by atoms with Crippen molar-refractivity contribution >= 4 is 35.6 Å². The first-order valence-electron chi connectivity index (χ1n) is 7.61. The van der Waals surface area contributed by atoms with E-state index in [9.17, 15) is 19.2 Å². The van der Waals surface area contributed by atoms with Crippen LogP contribution in [0.2, 0.25) is 0 Å². The lowest BCUT2D eigenvalue weighted by molar-refractivity contribution is -0.147. The first kappa shape index (κ1) is 22.2. The molecule has 0 aromatic carbocycles. The molecule has 0 aliphatic carbocycles. The van der Waals surface area contributed by atoms with Gasteiger partial charge < -0.3 is 20.3 Å². The van der Waals surface area contributed by atoms with Crippen LogP contribution in [0.4, 0.5) is 0 Å². The van der Waals surface area contributed by atoms with E-state index in [0.717, 1.165) is 0 Å². The Kier molecular flexibility index (Phi) is 10.9.